The lowest BCUT2D eigenvalue weighted by Crippen LogP contribution is -2.21. The summed E-state index contributed by atoms with van der Waals surface area (Å²) in [5, 5.41) is 21.0. The molecule has 0 bridgehead atoms. The molecule has 0 unspecified atom stereocenters. The average molecular weight is 436 g/mol. The van der Waals surface area contributed by atoms with Crippen LogP contribution >= 0.6 is 23.2 Å². The van der Waals surface area contributed by atoms with Crippen molar-refractivity contribution in [3.63, 3.8) is 0 Å². The second-order valence-corrected chi connectivity index (χ2v) is 7.46. The molecule has 4 rings (SSSR count). The molecule has 0 saturated carbocycles. The summed E-state index contributed by atoms with van der Waals surface area (Å²) in [6.07, 6.45) is 1.52. The number of fused-ring (bicyclic) bond motifs is 1. The molecule has 1 heterocycles. The summed E-state index contributed by atoms with van der Waals surface area (Å²) in [5.74, 6) is -0.0322. The van der Waals surface area contributed by atoms with Crippen LogP contribution < -0.4 is 10.5 Å². The van der Waals surface area contributed by atoms with Gasteiger partial charge in [0.25, 0.3) is 0 Å². The third-order valence-electron chi connectivity index (χ3n) is 4.75. The van der Waals surface area contributed by atoms with Crippen molar-refractivity contribution < 1.29 is 9.84 Å². The second-order valence-electron chi connectivity index (χ2n) is 6.64. The molecular weight excluding hydrogens is 421 g/mol. The van der Waals surface area contributed by atoms with Gasteiger partial charge in [-0.15, -0.1) is 0 Å². The van der Waals surface area contributed by atoms with Gasteiger partial charge in [-0.05, 0) is 29.8 Å². The maximum absolute atomic E-state index is 10.5. The van der Waals surface area contributed by atoms with E-state index >= 15 is 0 Å². The number of phenols is 1. The zero-order valence-corrected chi connectivity index (χ0v) is 17.0. The molecule has 1 aliphatic rings. The van der Waals surface area contributed by atoms with Gasteiger partial charge in [0, 0.05) is 23.4 Å². The zero-order valence-electron chi connectivity index (χ0n) is 15.5. The molecule has 0 amide bonds. The normalized spacial score (nSPS) is 15.6. The highest BCUT2D eigenvalue weighted by Crippen LogP contribution is 2.44. The van der Waals surface area contributed by atoms with Crippen LogP contribution in [-0.2, 0) is 0 Å². The monoisotopic (exact) mass is 435 g/mol. The number of halogens is 2. The molecule has 3 N–H and O–H groups in total. The van der Waals surface area contributed by atoms with Crippen molar-refractivity contribution in [1.29, 1.82) is 5.26 Å². The Hall–Kier alpha value is -3.46. The topological polar surface area (TPSA) is 91.6 Å². The zero-order chi connectivity index (χ0) is 21.3. The minimum absolute atomic E-state index is 0.0236. The van der Waals surface area contributed by atoms with Gasteiger partial charge < -0.3 is 15.6 Å². The first kappa shape index (κ1) is 19.8. The molecule has 3 aromatic rings. The lowest BCUT2D eigenvalue weighted by atomic mass is 9.83. The predicted octanol–water partition coefficient (Wildman–Crippen LogP) is 5.67. The number of phenolic OH excluding ortho intramolecular Hbond substituents is 1. The molecule has 0 spiro atoms. The van der Waals surface area contributed by atoms with E-state index in [9.17, 15) is 10.4 Å². The number of nitriles is 1. The molecule has 0 fully saturated rings. The van der Waals surface area contributed by atoms with E-state index in [1.807, 2.05) is 30.3 Å². The molecule has 7 heteroatoms. The van der Waals surface area contributed by atoms with Crippen molar-refractivity contribution in [3.05, 3.63) is 98.9 Å². The fraction of sp³-hybridized carbons (Fsp3) is 0.0435. The Labute approximate surface area is 183 Å². The first-order valence-electron chi connectivity index (χ1n) is 8.96. The van der Waals surface area contributed by atoms with Gasteiger partial charge in [0.1, 0.15) is 23.1 Å². The second kappa shape index (κ2) is 8.11. The largest absolute Gasteiger partial charge is 0.507 e. The van der Waals surface area contributed by atoms with E-state index in [0.29, 0.717) is 38.2 Å². The highest BCUT2D eigenvalue weighted by Gasteiger charge is 2.31. The predicted molar refractivity (Wildman–Crippen MR) is 118 cm³/mol. The molecule has 0 saturated heterocycles. The highest BCUT2D eigenvalue weighted by atomic mass is 35.5. The van der Waals surface area contributed by atoms with Crippen molar-refractivity contribution >= 4 is 35.1 Å². The Morgan fingerprint density at radius 1 is 1.07 bits per heavy atom. The quantitative estimate of drug-likeness (QED) is 0.518. The van der Waals surface area contributed by atoms with E-state index in [4.69, 9.17) is 33.7 Å². The van der Waals surface area contributed by atoms with E-state index in [2.05, 4.69) is 11.1 Å². The van der Waals surface area contributed by atoms with Gasteiger partial charge in [0.2, 0.25) is 5.88 Å². The number of ether oxygens (including phenoxy) is 1. The third-order valence-corrected chi connectivity index (χ3v) is 5.49. The molecule has 1 atom stereocenters. The smallest absolute Gasteiger partial charge is 0.205 e. The summed E-state index contributed by atoms with van der Waals surface area (Å²) >= 11 is 12.0. The highest BCUT2D eigenvalue weighted by molar-refractivity contribution is 6.42. The van der Waals surface area contributed by atoms with Crippen LogP contribution in [-0.4, -0.2) is 11.3 Å². The molecular formula is C23H15Cl2N3O2. The third kappa shape index (κ3) is 3.71. The van der Waals surface area contributed by atoms with Gasteiger partial charge in [-0.3, -0.25) is 4.99 Å². The van der Waals surface area contributed by atoms with Crippen LogP contribution in [0.15, 0.2) is 77.1 Å². The molecule has 0 radical (unpaired) electrons. The first-order valence-corrected chi connectivity index (χ1v) is 9.72. The molecule has 5 nitrogen and oxygen atoms in total. The molecule has 0 aliphatic carbocycles. The summed E-state index contributed by atoms with van der Waals surface area (Å²) in [4.78, 5) is 4.37. The first-order chi connectivity index (χ1) is 14.5. The van der Waals surface area contributed by atoms with Crippen LogP contribution in [0.25, 0.3) is 0 Å². The maximum atomic E-state index is 10.5. The maximum Gasteiger partial charge on any atom is 0.205 e. The van der Waals surface area contributed by atoms with E-state index in [0.717, 1.165) is 5.56 Å². The molecule has 148 valence electrons. The van der Waals surface area contributed by atoms with E-state index in [1.165, 1.54) is 12.3 Å². The van der Waals surface area contributed by atoms with Crippen LogP contribution in [0.5, 0.6) is 11.5 Å². The Balaban J connectivity index is 1.80. The fourth-order valence-corrected chi connectivity index (χ4v) is 3.61. The minimum Gasteiger partial charge on any atom is -0.507 e. The van der Waals surface area contributed by atoms with Gasteiger partial charge in [-0.1, -0.05) is 53.5 Å². The number of rotatable bonds is 3. The number of nitrogens with two attached hydrogens (primary N) is 1. The van der Waals surface area contributed by atoms with Crippen molar-refractivity contribution in [2.45, 2.75) is 5.92 Å². The summed E-state index contributed by atoms with van der Waals surface area (Å²) in [6, 6.07) is 19.9. The van der Waals surface area contributed by atoms with Crippen LogP contribution in [0.3, 0.4) is 0 Å². The number of hydrogen-bond acceptors (Lipinski definition) is 5. The SMILES string of the molecule is N#CC1=C(N)Oc2cc(O)c(C=Nc3ccc(Cl)c(Cl)c3)cc2[C@H]1c1ccccc1. The summed E-state index contributed by atoms with van der Waals surface area (Å²) in [6.45, 7) is 0. The Morgan fingerprint density at radius 2 is 1.83 bits per heavy atom. The summed E-state index contributed by atoms with van der Waals surface area (Å²) in [5.41, 5.74) is 8.94. The Morgan fingerprint density at radius 3 is 2.53 bits per heavy atom. The lowest BCUT2D eigenvalue weighted by molar-refractivity contribution is 0.388. The number of hydrogen-bond donors (Lipinski definition) is 2. The van der Waals surface area contributed by atoms with Crippen molar-refractivity contribution in [2.75, 3.05) is 0 Å². The van der Waals surface area contributed by atoms with Crippen molar-refractivity contribution in [3.8, 4) is 17.6 Å². The fourth-order valence-electron chi connectivity index (χ4n) is 3.31. The van der Waals surface area contributed by atoms with Gasteiger partial charge >= 0.3 is 0 Å². The van der Waals surface area contributed by atoms with E-state index < -0.39 is 5.92 Å². The van der Waals surface area contributed by atoms with Gasteiger partial charge in [0.05, 0.1) is 21.7 Å². The summed E-state index contributed by atoms with van der Waals surface area (Å²) in [7, 11) is 0. The van der Waals surface area contributed by atoms with Crippen molar-refractivity contribution in [1.82, 2.24) is 0 Å². The number of benzene rings is 3. The lowest BCUT2D eigenvalue weighted by Gasteiger charge is -2.27. The minimum atomic E-state index is -0.419. The van der Waals surface area contributed by atoms with Gasteiger partial charge in [-0.25, -0.2) is 0 Å². The van der Waals surface area contributed by atoms with Crippen LogP contribution in [0.1, 0.15) is 22.6 Å². The number of allylic oxidation sites excluding steroid dienone is 1. The number of aliphatic imine (C=N–C) groups is 1. The number of nitrogens with zero attached hydrogens (tertiary/aromatic N) is 2. The number of aromatic hydroxyl groups is 1. The van der Waals surface area contributed by atoms with Crippen LogP contribution in [0.4, 0.5) is 5.69 Å². The van der Waals surface area contributed by atoms with Crippen LogP contribution in [0.2, 0.25) is 10.0 Å². The van der Waals surface area contributed by atoms with Gasteiger partial charge in [-0.2, -0.15) is 5.26 Å². The van der Waals surface area contributed by atoms with Crippen LogP contribution in [0, 0.1) is 11.3 Å². The molecule has 3 aromatic carbocycles. The Kier molecular flexibility index (Phi) is 5.37. The van der Waals surface area contributed by atoms with Crippen molar-refractivity contribution in [2.24, 2.45) is 10.7 Å². The average Bonchev–Trinajstić information content (AvgIpc) is 2.74. The Bertz CT molecular complexity index is 1230. The molecule has 30 heavy (non-hydrogen) atoms. The summed E-state index contributed by atoms with van der Waals surface area (Å²) < 4.78 is 5.61. The van der Waals surface area contributed by atoms with Gasteiger partial charge in [0.15, 0.2) is 0 Å². The van der Waals surface area contributed by atoms with E-state index in [1.54, 1.807) is 24.3 Å². The standard InChI is InChI=1S/C23H15Cl2N3O2/c24-18-7-6-15(9-19(18)25)28-12-14-8-16-21(10-20(14)29)30-23(27)17(11-26)22(16)13-4-2-1-3-5-13/h1-10,12,22,29H,27H2/t22-/m1/s1. The van der Waals surface area contributed by atoms with E-state index in [-0.39, 0.29) is 11.6 Å². The molecule has 1 aliphatic heterocycles. The molecule has 0 aromatic heterocycles.